The van der Waals surface area contributed by atoms with E-state index in [9.17, 15) is 8.42 Å². The van der Waals surface area contributed by atoms with E-state index < -0.39 is 10.0 Å². The molecule has 2 atom stereocenters. The van der Waals surface area contributed by atoms with Crippen molar-refractivity contribution >= 4 is 21.6 Å². The fourth-order valence-electron chi connectivity index (χ4n) is 3.38. The molecule has 1 fully saturated rings. The molecule has 1 N–H and O–H groups in total. The largest absolute Gasteiger partial charge is 0.240 e. The summed E-state index contributed by atoms with van der Waals surface area (Å²) < 4.78 is 28.0. The minimum absolute atomic E-state index is 0.100. The lowest BCUT2D eigenvalue weighted by Gasteiger charge is -2.21. The van der Waals surface area contributed by atoms with Gasteiger partial charge >= 0.3 is 0 Å². The predicted molar refractivity (Wildman–Crippen MR) is 85.3 cm³/mol. The molecular formula is C16H22ClNO2S. The average Bonchev–Trinajstić information content (AvgIpc) is 2.84. The van der Waals surface area contributed by atoms with Gasteiger partial charge in [-0.1, -0.05) is 25.3 Å². The van der Waals surface area contributed by atoms with Crippen molar-refractivity contribution in [1.29, 1.82) is 0 Å². The van der Waals surface area contributed by atoms with Gasteiger partial charge in [0.15, 0.2) is 0 Å². The van der Waals surface area contributed by atoms with Gasteiger partial charge in [0, 0.05) is 11.4 Å². The topological polar surface area (TPSA) is 46.2 Å². The number of hydrogen-bond acceptors (Lipinski definition) is 2. The van der Waals surface area contributed by atoms with Crippen LogP contribution in [0.25, 0.3) is 0 Å². The normalized spacial score (nSPS) is 26.3. The first-order valence-corrected chi connectivity index (χ1v) is 9.76. The lowest BCUT2D eigenvalue weighted by atomic mass is 10.1. The van der Waals surface area contributed by atoms with Crippen molar-refractivity contribution in [2.75, 3.05) is 0 Å². The average molecular weight is 328 g/mol. The molecule has 2 aliphatic carbocycles. The summed E-state index contributed by atoms with van der Waals surface area (Å²) in [5, 5.41) is -0.100. The van der Waals surface area contributed by atoms with E-state index in [0.717, 1.165) is 51.4 Å². The first-order chi connectivity index (χ1) is 10.1. The van der Waals surface area contributed by atoms with E-state index in [2.05, 4.69) is 4.72 Å². The van der Waals surface area contributed by atoms with Crippen LogP contribution in [0.2, 0.25) is 0 Å². The molecule has 1 aromatic carbocycles. The van der Waals surface area contributed by atoms with Gasteiger partial charge in [-0.15, -0.1) is 11.6 Å². The van der Waals surface area contributed by atoms with Gasteiger partial charge in [-0.05, 0) is 55.4 Å². The maximum absolute atomic E-state index is 12.6. The summed E-state index contributed by atoms with van der Waals surface area (Å²) in [6.07, 6.45) is 8.16. The smallest absolute Gasteiger partial charge is 0.207 e. The van der Waals surface area contributed by atoms with Gasteiger partial charge in [-0.2, -0.15) is 0 Å². The van der Waals surface area contributed by atoms with Crippen molar-refractivity contribution in [3.63, 3.8) is 0 Å². The fraction of sp³-hybridized carbons (Fsp3) is 0.625. The van der Waals surface area contributed by atoms with E-state index in [0.29, 0.717) is 4.90 Å². The SMILES string of the molecule is O=S(=O)(NC1CCCCCC1Cl)c1ccc2c(c1)CCC2. The molecule has 0 heterocycles. The molecule has 0 spiro atoms. The van der Waals surface area contributed by atoms with Crippen LogP contribution in [-0.4, -0.2) is 19.8 Å². The first-order valence-electron chi connectivity index (χ1n) is 7.84. The van der Waals surface area contributed by atoms with Crippen LogP contribution in [0, 0.1) is 0 Å². The molecule has 0 amide bonds. The molecule has 0 radical (unpaired) electrons. The standard InChI is InChI=1S/C16H22ClNO2S/c17-15-7-2-1-3-8-16(15)18-21(19,20)14-10-9-12-5-4-6-13(12)11-14/h9-11,15-16,18H,1-8H2. The molecule has 3 rings (SSSR count). The van der Waals surface area contributed by atoms with Crippen LogP contribution in [0.3, 0.4) is 0 Å². The van der Waals surface area contributed by atoms with E-state index in [-0.39, 0.29) is 11.4 Å². The van der Waals surface area contributed by atoms with Gasteiger partial charge in [-0.3, -0.25) is 0 Å². The van der Waals surface area contributed by atoms with Crippen LogP contribution in [-0.2, 0) is 22.9 Å². The van der Waals surface area contributed by atoms with E-state index >= 15 is 0 Å². The molecule has 1 aromatic rings. The van der Waals surface area contributed by atoms with Crippen molar-refractivity contribution in [1.82, 2.24) is 4.72 Å². The van der Waals surface area contributed by atoms with Crippen molar-refractivity contribution < 1.29 is 8.42 Å². The Hall–Kier alpha value is -0.580. The lowest BCUT2D eigenvalue weighted by Crippen LogP contribution is -2.40. The number of hydrogen-bond donors (Lipinski definition) is 1. The monoisotopic (exact) mass is 327 g/mol. The number of fused-ring (bicyclic) bond motifs is 1. The van der Waals surface area contributed by atoms with Crippen LogP contribution in [0.5, 0.6) is 0 Å². The molecule has 2 aliphatic rings. The molecular weight excluding hydrogens is 306 g/mol. The third-order valence-electron chi connectivity index (χ3n) is 4.62. The van der Waals surface area contributed by atoms with Gasteiger partial charge in [0.05, 0.1) is 4.90 Å². The zero-order chi connectivity index (χ0) is 14.9. The minimum atomic E-state index is -3.47. The molecule has 116 valence electrons. The maximum Gasteiger partial charge on any atom is 0.240 e. The Morgan fingerprint density at radius 1 is 1.00 bits per heavy atom. The molecule has 21 heavy (non-hydrogen) atoms. The summed E-state index contributed by atoms with van der Waals surface area (Å²) in [4.78, 5) is 0.385. The summed E-state index contributed by atoms with van der Waals surface area (Å²) >= 11 is 6.35. The summed E-state index contributed by atoms with van der Waals surface area (Å²) in [6.45, 7) is 0. The van der Waals surface area contributed by atoms with Crippen molar-refractivity contribution in [3.8, 4) is 0 Å². The second kappa shape index (κ2) is 6.27. The van der Waals surface area contributed by atoms with Crippen LogP contribution >= 0.6 is 11.6 Å². The summed E-state index contributed by atoms with van der Waals surface area (Å²) in [6, 6.07) is 5.38. The Morgan fingerprint density at radius 3 is 2.62 bits per heavy atom. The molecule has 0 aromatic heterocycles. The second-order valence-electron chi connectivity index (χ2n) is 6.17. The minimum Gasteiger partial charge on any atom is -0.207 e. The predicted octanol–water partition coefficient (Wildman–Crippen LogP) is 3.39. The highest BCUT2D eigenvalue weighted by atomic mass is 35.5. The molecule has 0 saturated heterocycles. The summed E-state index contributed by atoms with van der Waals surface area (Å²) in [5.74, 6) is 0. The van der Waals surface area contributed by atoms with Crippen LogP contribution in [0.15, 0.2) is 23.1 Å². The van der Waals surface area contributed by atoms with Crippen LogP contribution in [0.1, 0.15) is 49.7 Å². The second-order valence-corrected chi connectivity index (χ2v) is 8.44. The van der Waals surface area contributed by atoms with E-state index in [1.54, 1.807) is 6.07 Å². The first kappa shape index (κ1) is 15.3. The number of halogens is 1. The molecule has 0 bridgehead atoms. The number of benzene rings is 1. The Morgan fingerprint density at radius 2 is 1.76 bits per heavy atom. The van der Waals surface area contributed by atoms with E-state index in [1.165, 1.54) is 11.1 Å². The Kier molecular flexibility index (Phi) is 4.57. The summed E-state index contributed by atoms with van der Waals surface area (Å²) in [7, 11) is -3.47. The lowest BCUT2D eigenvalue weighted by molar-refractivity contribution is 0.514. The number of aryl methyl sites for hydroxylation is 2. The van der Waals surface area contributed by atoms with Crippen LogP contribution < -0.4 is 4.72 Å². The van der Waals surface area contributed by atoms with Gasteiger partial charge in [0.1, 0.15) is 0 Å². The molecule has 0 aliphatic heterocycles. The zero-order valence-corrected chi connectivity index (χ0v) is 13.7. The van der Waals surface area contributed by atoms with Crippen LogP contribution in [0.4, 0.5) is 0 Å². The summed E-state index contributed by atoms with van der Waals surface area (Å²) in [5.41, 5.74) is 2.47. The highest BCUT2D eigenvalue weighted by Gasteiger charge is 2.27. The Bertz CT molecular complexity index is 615. The number of alkyl halides is 1. The Labute approximate surface area is 132 Å². The van der Waals surface area contributed by atoms with Crippen molar-refractivity contribution in [2.45, 2.75) is 67.7 Å². The highest BCUT2D eigenvalue weighted by Crippen LogP contribution is 2.27. The number of nitrogens with one attached hydrogen (secondary N) is 1. The van der Waals surface area contributed by atoms with Gasteiger partial charge in [-0.25, -0.2) is 13.1 Å². The van der Waals surface area contributed by atoms with Gasteiger partial charge in [0.25, 0.3) is 0 Å². The van der Waals surface area contributed by atoms with Crippen molar-refractivity contribution in [2.24, 2.45) is 0 Å². The molecule has 3 nitrogen and oxygen atoms in total. The molecule has 5 heteroatoms. The van der Waals surface area contributed by atoms with E-state index in [4.69, 9.17) is 11.6 Å². The quantitative estimate of drug-likeness (QED) is 0.683. The van der Waals surface area contributed by atoms with Gasteiger partial charge in [0.2, 0.25) is 10.0 Å². The number of rotatable bonds is 3. The highest BCUT2D eigenvalue weighted by molar-refractivity contribution is 7.89. The van der Waals surface area contributed by atoms with Gasteiger partial charge < -0.3 is 0 Å². The molecule has 2 unspecified atom stereocenters. The van der Waals surface area contributed by atoms with E-state index in [1.807, 2.05) is 12.1 Å². The Balaban J connectivity index is 1.80. The molecule has 1 saturated carbocycles. The third kappa shape index (κ3) is 3.43. The fourth-order valence-corrected chi connectivity index (χ4v) is 5.16. The number of sulfonamides is 1. The maximum atomic E-state index is 12.6. The third-order valence-corrected chi connectivity index (χ3v) is 6.63. The van der Waals surface area contributed by atoms with Crippen molar-refractivity contribution in [3.05, 3.63) is 29.3 Å². The zero-order valence-electron chi connectivity index (χ0n) is 12.1.